The van der Waals surface area contributed by atoms with Crippen molar-refractivity contribution in [2.45, 2.75) is 60.4 Å². The van der Waals surface area contributed by atoms with Crippen molar-refractivity contribution >= 4 is 0 Å². The van der Waals surface area contributed by atoms with Gasteiger partial charge in [-0.2, -0.15) is 5.10 Å². The van der Waals surface area contributed by atoms with Gasteiger partial charge >= 0.3 is 0 Å². The number of nitrogens with zero attached hydrogens (tertiary/aromatic N) is 3. The van der Waals surface area contributed by atoms with E-state index in [2.05, 4.69) is 49.3 Å². The van der Waals surface area contributed by atoms with Crippen LogP contribution < -0.4 is 0 Å². The van der Waals surface area contributed by atoms with Crippen molar-refractivity contribution in [3.63, 3.8) is 0 Å². The second-order valence-electron chi connectivity index (χ2n) is 5.27. The molecule has 18 heavy (non-hydrogen) atoms. The summed E-state index contributed by atoms with van der Waals surface area (Å²) < 4.78 is 2.16. The standard InChI is InChI=1S/C12H21N3.C3H8/c1-10-11(2)13-15(12(10)3)9-8-14-6-4-5-7-14;1-3-2/h4-9H2,1-3H3;3H2,1-2H3. The second kappa shape index (κ2) is 7.57. The third-order valence-corrected chi connectivity index (χ3v) is 3.57. The number of hydrogen-bond donors (Lipinski definition) is 0. The number of rotatable bonds is 3. The molecule has 0 radical (unpaired) electrons. The van der Waals surface area contributed by atoms with Gasteiger partial charge in [0, 0.05) is 12.2 Å². The minimum Gasteiger partial charge on any atom is -0.301 e. The summed E-state index contributed by atoms with van der Waals surface area (Å²) >= 11 is 0. The van der Waals surface area contributed by atoms with Crippen LogP contribution in [-0.2, 0) is 6.54 Å². The van der Waals surface area contributed by atoms with Crippen LogP contribution in [0.5, 0.6) is 0 Å². The van der Waals surface area contributed by atoms with Crippen LogP contribution in [0.4, 0.5) is 0 Å². The van der Waals surface area contributed by atoms with Gasteiger partial charge in [0.05, 0.1) is 12.2 Å². The number of aryl methyl sites for hydroxylation is 1. The van der Waals surface area contributed by atoms with Crippen molar-refractivity contribution in [2.24, 2.45) is 0 Å². The normalized spacial score (nSPS) is 15.6. The summed E-state index contributed by atoms with van der Waals surface area (Å²) in [5, 5.41) is 4.56. The van der Waals surface area contributed by atoms with Gasteiger partial charge in [-0.15, -0.1) is 0 Å². The first-order chi connectivity index (χ1) is 8.60. The van der Waals surface area contributed by atoms with Crippen LogP contribution in [0.2, 0.25) is 0 Å². The monoisotopic (exact) mass is 251 g/mol. The van der Waals surface area contributed by atoms with E-state index in [-0.39, 0.29) is 0 Å². The Morgan fingerprint density at radius 2 is 1.56 bits per heavy atom. The Bertz CT molecular complexity index is 349. The van der Waals surface area contributed by atoms with E-state index in [1.165, 1.54) is 49.3 Å². The molecule has 3 heteroatoms. The van der Waals surface area contributed by atoms with Gasteiger partial charge in [-0.25, -0.2) is 0 Å². The van der Waals surface area contributed by atoms with Gasteiger partial charge in [-0.05, 0) is 52.3 Å². The number of likely N-dealkylation sites (tertiary alicyclic amines) is 1. The van der Waals surface area contributed by atoms with E-state index in [0.717, 1.165) is 13.1 Å². The Morgan fingerprint density at radius 1 is 1.00 bits per heavy atom. The van der Waals surface area contributed by atoms with Crippen LogP contribution >= 0.6 is 0 Å². The summed E-state index contributed by atoms with van der Waals surface area (Å²) in [4.78, 5) is 2.53. The van der Waals surface area contributed by atoms with E-state index in [0.29, 0.717) is 0 Å². The Kier molecular flexibility index (Phi) is 6.41. The average Bonchev–Trinajstić information content (AvgIpc) is 2.93. The summed E-state index contributed by atoms with van der Waals surface area (Å²) in [6.07, 6.45) is 3.99. The topological polar surface area (TPSA) is 21.1 Å². The van der Waals surface area contributed by atoms with Gasteiger partial charge in [0.25, 0.3) is 0 Å². The summed E-state index contributed by atoms with van der Waals surface area (Å²) in [5.74, 6) is 0. The van der Waals surface area contributed by atoms with Crippen LogP contribution in [0.25, 0.3) is 0 Å². The minimum absolute atomic E-state index is 1.04. The highest BCUT2D eigenvalue weighted by molar-refractivity contribution is 5.22. The largest absolute Gasteiger partial charge is 0.301 e. The van der Waals surface area contributed by atoms with Crippen LogP contribution in [0, 0.1) is 20.8 Å². The van der Waals surface area contributed by atoms with E-state index >= 15 is 0 Å². The zero-order chi connectivity index (χ0) is 13.5. The van der Waals surface area contributed by atoms with Gasteiger partial charge < -0.3 is 4.90 Å². The lowest BCUT2D eigenvalue weighted by molar-refractivity contribution is 0.314. The lowest BCUT2D eigenvalue weighted by atomic mass is 10.2. The number of aromatic nitrogens is 2. The van der Waals surface area contributed by atoms with Crippen molar-refractivity contribution < 1.29 is 0 Å². The molecular weight excluding hydrogens is 222 g/mol. The molecule has 2 rings (SSSR count). The van der Waals surface area contributed by atoms with Crippen LogP contribution in [0.3, 0.4) is 0 Å². The fourth-order valence-electron chi connectivity index (χ4n) is 2.25. The SMILES string of the molecule is CCC.Cc1nn(CCN2CCCC2)c(C)c1C. The van der Waals surface area contributed by atoms with Crippen molar-refractivity contribution in [1.29, 1.82) is 0 Å². The van der Waals surface area contributed by atoms with Crippen LogP contribution in [-0.4, -0.2) is 34.3 Å². The molecule has 1 aromatic rings. The highest BCUT2D eigenvalue weighted by Gasteiger charge is 2.12. The average molecular weight is 251 g/mol. The van der Waals surface area contributed by atoms with E-state index in [1.807, 2.05) is 0 Å². The van der Waals surface area contributed by atoms with Crippen LogP contribution in [0.15, 0.2) is 0 Å². The highest BCUT2D eigenvalue weighted by Crippen LogP contribution is 2.12. The fourth-order valence-corrected chi connectivity index (χ4v) is 2.25. The van der Waals surface area contributed by atoms with Gasteiger partial charge in [-0.1, -0.05) is 20.3 Å². The van der Waals surface area contributed by atoms with E-state index in [4.69, 9.17) is 0 Å². The van der Waals surface area contributed by atoms with Gasteiger partial charge in [0.2, 0.25) is 0 Å². The predicted octanol–water partition coefficient (Wildman–Crippen LogP) is 3.32. The molecule has 0 bridgehead atoms. The van der Waals surface area contributed by atoms with Crippen molar-refractivity contribution in [3.8, 4) is 0 Å². The molecule has 0 spiro atoms. The lowest BCUT2D eigenvalue weighted by Crippen LogP contribution is -2.24. The molecule has 1 aromatic heterocycles. The van der Waals surface area contributed by atoms with E-state index in [1.54, 1.807) is 0 Å². The predicted molar refractivity (Wildman–Crippen MR) is 78.1 cm³/mol. The Balaban J connectivity index is 0.000000492. The zero-order valence-corrected chi connectivity index (χ0v) is 12.8. The second-order valence-corrected chi connectivity index (χ2v) is 5.27. The molecule has 1 saturated heterocycles. The molecule has 0 aliphatic carbocycles. The molecule has 2 heterocycles. The lowest BCUT2D eigenvalue weighted by Gasteiger charge is -2.14. The third-order valence-electron chi connectivity index (χ3n) is 3.57. The molecule has 1 aliphatic rings. The Morgan fingerprint density at radius 3 is 2.00 bits per heavy atom. The summed E-state index contributed by atoms with van der Waals surface area (Å²) in [7, 11) is 0. The van der Waals surface area contributed by atoms with Gasteiger partial charge in [0.1, 0.15) is 0 Å². The highest BCUT2D eigenvalue weighted by atomic mass is 15.3. The van der Waals surface area contributed by atoms with E-state index < -0.39 is 0 Å². The third kappa shape index (κ3) is 4.13. The van der Waals surface area contributed by atoms with Crippen LogP contribution in [0.1, 0.15) is 50.1 Å². The van der Waals surface area contributed by atoms with Crippen molar-refractivity contribution in [1.82, 2.24) is 14.7 Å². The zero-order valence-electron chi connectivity index (χ0n) is 12.8. The molecule has 1 fully saturated rings. The first-order valence-corrected chi connectivity index (χ1v) is 7.33. The van der Waals surface area contributed by atoms with Crippen molar-refractivity contribution in [2.75, 3.05) is 19.6 Å². The molecule has 3 nitrogen and oxygen atoms in total. The Labute approximate surface area is 112 Å². The first-order valence-electron chi connectivity index (χ1n) is 7.33. The van der Waals surface area contributed by atoms with Gasteiger partial charge in [0.15, 0.2) is 0 Å². The van der Waals surface area contributed by atoms with Gasteiger partial charge in [-0.3, -0.25) is 4.68 Å². The maximum Gasteiger partial charge on any atom is 0.0625 e. The maximum atomic E-state index is 4.56. The quantitative estimate of drug-likeness (QED) is 0.821. The smallest absolute Gasteiger partial charge is 0.0625 e. The summed E-state index contributed by atoms with van der Waals surface area (Å²) in [5.41, 5.74) is 3.84. The molecule has 0 aromatic carbocycles. The van der Waals surface area contributed by atoms with E-state index in [9.17, 15) is 0 Å². The molecule has 0 saturated carbocycles. The first kappa shape index (κ1) is 15.2. The Hall–Kier alpha value is -0.830. The molecule has 1 aliphatic heterocycles. The molecule has 0 unspecified atom stereocenters. The number of hydrogen-bond acceptors (Lipinski definition) is 2. The summed E-state index contributed by atoms with van der Waals surface area (Å²) in [6.45, 7) is 15.4. The molecule has 0 N–H and O–H groups in total. The molecule has 0 amide bonds. The summed E-state index contributed by atoms with van der Waals surface area (Å²) in [6, 6.07) is 0. The maximum absolute atomic E-state index is 4.56. The fraction of sp³-hybridized carbons (Fsp3) is 0.800. The molecule has 104 valence electrons. The minimum atomic E-state index is 1.04. The molecular formula is C15H29N3. The molecule has 0 atom stereocenters. The van der Waals surface area contributed by atoms with Crippen molar-refractivity contribution in [3.05, 3.63) is 17.0 Å².